The predicted molar refractivity (Wildman–Crippen MR) is 83.9 cm³/mol. The van der Waals surface area contributed by atoms with Gasteiger partial charge in [-0.05, 0) is 42.9 Å². The molecule has 5 heteroatoms. The van der Waals surface area contributed by atoms with Crippen LogP contribution in [0.15, 0.2) is 48.5 Å². The molecule has 0 unspecified atom stereocenters. The number of H-pyrrole nitrogens is 1. The van der Waals surface area contributed by atoms with Crippen LogP contribution in [0, 0.1) is 11.7 Å². The van der Waals surface area contributed by atoms with E-state index in [0.717, 1.165) is 27.7 Å². The fourth-order valence-electron chi connectivity index (χ4n) is 2.14. The highest BCUT2D eigenvalue weighted by atomic mass is 35.5. The van der Waals surface area contributed by atoms with Crippen molar-refractivity contribution >= 4 is 23.8 Å². The Morgan fingerprint density at radius 1 is 1.10 bits per heavy atom. The number of hydrogen-bond acceptors (Lipinski definition) is 2. The first-order valence-corrected chi connectivity index (χ1v) is 6.95. The van der Waals surface area contributed by atoms with E-state index in [1.807, 2.05) is 60.0 Å². The summed E-state index contributed by atoms with van der Waals surface area (Å²) in [6.45, 7) is 1.98. The molecule has 0 radical (unpaired) electrons. The van der Waals surface area contributed by atoms with E-state index in [-0.39, 0.29) is 0 Å². The van der Waals surface area contributed by atoms with E-state index in [1.165, 1.54) is 0 Å². The second-order valence-electron chi connectivity index (χ2n) is 4.44. The topological polar surface area (TPSA) is 33.6 Å². The van der Waals surface area contributed by atoms with Crippen LogP contribution in [0.2, 0.25) is 5.02 Å². The zero-order valence-corrected chi connectivity index (χ0v) is 12.4. The largest absolute Gasteiger partial charge is 0.268 e. The van der Waals surface area contributed by atoms with Crippen molar-refractivity contribution in [2.24, 2.45) is 0 Å². The maximum atomic E-state index is 6.20. The smallest absolute Gasteiger partial charge is 0.200 e. The van der Waals surface area contributed by atoms with Gasteiger partial charge in [0.05, 0.1) is 0 Å². The SMILES string of the molecule is Cc1c(Cl)cccc1-c1n[nH]c(=S)n1-c1ccccc1. The summed E-state index contributed by atoms with van der Waals surface area (Å²) in [6.07, 6.45) is 0. The Morgan fingerprint density at radius 2 is 1.85 bits per heavy atom. The standard InChI is InChI=1S/C15H12ClN3S/c1-10-12(8-5-9-13(10)16)14-17-18-15(20)19(14)11-6-3-2-4-7-11/h2-9H,1H3,(H,18,20). The number of halogens is 1. The van der Waals surface area contributed by atoms with Crippen LogP contribution in [0.4, 0.5) is 0 Å². The summed E-state index contributed by atoms with van der Waals surface area (Å²) in [7, 11) is 0. The van der Waals surface area contributed by atoms with E-state index < -0.39 is 0 Å². The lowest BCUT2D eigenvalue weighted by Crippen LogP contribution is -1.98. The molecule has 0 spiro atoms. The van der Waals surface area contributed by atoms with Crippen molar-refractivity contribution in [1.29, 1.82) is 0 Å². The van der Waals surface area contributed by atoms with Crippen molar-refractivity contribution in [3.05, 3.63) is 63.9 Å². The van der Waals surface area contributed by atoms with E-state index in [0.29, 0.717) is 4.77 Å². The third-order valence-corrected chi connectivity index (χ3v) is 3.88. The molecule has 1 N–H and O–H groups in total. The summed E-state index contributed by atoms with van der Waals surface area (Å²) in [4.78, 5) is 0. The quantitative estimate of drug-likeness (QED) is 0.704. The number of nitrogens with one attached hydrogen (secondary N) is 1. The average Bonchev–Trinajstić information content (AvgIpc) is 2.84. The minimum atomic E-state index is 0.561. The van der Waals surface area contributed by atoms with E-state index in [1.54, 1.807) is 0 Å². The normalized spacial score (nSPS) is 10.7. The second kappa shape index (κ2) is 5.23. The molecule has 100 valence electrons. The number of nitrogens with zero attached hydrogens (tertiary/aromatic N) is 2. The molecule has 0 saturated heterocycles. The first-order chi connectivity index (χ1) is 9.68. The third kappa shape index (κ3) is 2.17. The maximum absolute atomic E-state index is 6.20. The lowest BCUT2D eigenvalue weighted by Gasteiger charge is -2.09. The van der Waals surface area contributed by atoms with E-state index in [2.05, 4.69) is 10.2 Å². The highest BCUT2D eigenvalue weighted by Crippen LogP contribution is 2.28. The minimum Gasteiger partial charge on any atom is -0.268 e. The van der Waals surface area contributed by atoms with Gasteiger partial charge in [0.25, 0.3) is 0 Å². The van der Waals surface area contributed by atoms with Gasteiger partial charge in [0, 0.05) is 16.3 Å². The van der Waals surface area contributed by atoms with Crippen LogP contribution in [-0.4, -0.2) is 14.8 Å². The van der Waals surface area contributed by atoms with E-state index in [4.69, 9.17) is 23.8 Å². The van der Waals surface area contributed by atoms with Gasteiger partial charge >= 0.3 is 0 Å². The molecule has 0 saturated carbocycles. The van der Waals surface area contributed by atoms with Crippen LogP contribution in [0.25, 0.3) is 17.1 Å². The van der Waals surface area contributed by atoms with E-state index in [9.17, 15) is 0 Å². The molecule has 0 amide bonds. The zero-order chi connectivity index (χ0) is 14.1. The molecule has 3 rings (SSSR count). The summed E-state index contributed by atoms with van der Waals surface area (Å²) in [5.74, 6) is 0.765. The van der Waals surface area contributed by atoms with Gasteiger partial charge in [-0.3, -0.25) is 9.67 Å². The van der Waals surface area contributed by atoms with Gasteiger partial charge in [-0.1, -0.05) is 41.9 Å². The molecule has 0 fully saturated rings. The number of para-hydroxylation sites is 1. The summed E-state index contributed by atoms with van der Waals surface area (Å²) >= 11 is 11.5. The summed E-state index contributed by atoms with van der Waals surface area (Å²) in [5, 5.41) is 7.92. The Hall–Kier alpha value is -1.91. The van der Waals surface area contributed by atoms with Crippen LogP contribution >= 0.6 is 23.8 Å². The van der Waals surface area contributed by atoms with Gasteiger partial charge in [-0.2, -0.15) is 5.10 Å². The fourth-order valence-corrected chi connectivity index (χ4v) is 2.56. The number of aromatic nitrogens is 3. The molecule has 20 heavy (non-hydrogen) atoms. The van der Waals surface area contributed by atoms with Crippen LogP contribution in [0.5, 0.6) is 0 Å². The second-order valence-corrected chi connectivity index (χ2v) is 5.23. The van der Waals surface area contributed by atoms with Crippen molar-refractivity contribution in [2.75, 3.05) is 0 Å². The van der Waals surface area contributed by atoms with E-state index >= 15 is 0 Å². The lowest BCUT2D eigenvalue weighted by atomic mass is 10.1. The van der Waals surface area contributed by atoms with Gasteiger partial charge in [-0.25, -0.2) is 0 Å². The van der Waals surface area contributed by atoms with Gasteiger partial charge < -0.3 is 0 Å². The van der Waals surface area contributed by atoms with Gasteiger partial charge in [0.15, 0.2) is 10.6 Å². The third-order valence-electron chi connectivity index (χ3n) is 3.20. The number of benzene rings is 2. The van der Waals surface area contributed by atoms with Crippen molar-refractivity contribution in [3.63, 3.8) is 0 Å². The van der Waals surface area contributed by atoms with Crippen molar-refractivity contribution in [1.82, 2.24) is 14.8 Å². The van der Waals surface area contributed by atoms with Gasteiger partial charge in [-0.15, -0.1) is 0 Å². The van der Waals surface area contributed by atoms with Crippen molar-refractivity contribution in [2.45, 2.75) is 6.92 Å². The predicted octanol–water partition coefficient (Wildman–Crippen LogP) is 4.56. The molecular formula is C15H12ClN3S. The average molecular weight is 302 g/mol. The molecule has 0 aliphatic carbocycles. The van der Waals surface area contributed by atoms with Gasteiger partial charge in [0.2, 0.25) is 0 Å². The molecular weight excluding hydrogens is 290 g/mol. The number of rotatable bonds is 2. The first kappa shape index (κ1) is 13.1. The zero-order valence-electron chi connectivity index (χ0n) is 10.8. The van der Waals surface area contributed by atoms with Crippen molar-refractivity contribution in [3.8, 4) is 17.1 Å². The molecule has 3 aromatic rings. The Balaban J connectivity index is 2.27. The first-order valence-electron chi connectivity index (χ1n) is 6.17. The Labute approximate surface area is 126 Å². The Morgan fingerprint density at radius 3 is 2.60 bits per heavy atom. The van der Waals surface area contributed by atoms with Crippen LogP contribution in [0.3, 0.4) is 0 Å². The highest BCUT2D eigenvalue weighted by Gasteiger charge is 2.13. The molecule has 1 aromatic heterocycles. The molecule has 0 aliphatic rings. The Bertz CT molecular complexity index is 805. The molecule has 0 bridgehead atoms. The lowest BCUT2D eigenvalue weighted by molar-refractivity contribution is 1.03. The van der Waals surface area contributed by atoms with Crippen molar-refractivity contribution < 1.29 is 0 Å². The molecule has 2 aromatic carbocycles. The summed E-state index contributed by atoms with van der Waals surface area (Å²) in [6, 6.07) is 15.7. The van der Waals surface area contributed by atoms with Gasteiger partial charge in [0.1, 0.15) is 0 Å². The molecule has 3 nitrogen and oxygen atoms in total. The maximum Gasteiger partial charge on any atom is 0.200 e. The summed E-state index contributed by atoms with van der Waals surface area (Å²) < 4.78 is 2.47. The molecule has 0 atom stereocenters. The molecule has 1 heterocycles. The highest BCUT2D eigenvalue weighted by molar-refractivity contribution is 7.71. The Kier molecular flexibility index (Phi) is 3.42. The fraction of sp³-hybridized carbons (Fsp3) is 0.0667. The summed E-state index contributed by atoms with van der Waals surface area (Å²) in [5.41, 5.74) is 2.93. The number of hydrogen-bond donors (Lipinski definition) is 1. The minimum absolute atomic E-state index is 0.561. The number of aromatic amines is 1. The van der Waals surface area contributed by atoms with Crippen LogP contribution in [-0.2, 0) is 0 Å². The van der Waals surface area contributed by atoms with Crippen LogP contribution in [0.1, 0.15) is 5.56 Å². The molecule has 0 aliphatic heterocycles. The van der Waals surface area contributed by atoms with Crippen LogP contribution < -0.4 is 0 Å². The monoisotopic (exact) mass is 301 g/mol.